The Balaban J connectivity index is 2.11. The molecule has 17 heavy (non-hydrogen) atoms. The molecule has 1 aromatic carbocycles. The first-order chi connectivity index (χ1) is 8.35. The van der Waals surface area contributed by atoms with Crippen LogP contribution in [0.3, 0.4) is 0 Å². The van der Waals surface area contributed by atoms with Crippen LogP contribution in [0.15, 0.2) is 18.2 Å². The van der Waals surface area contributed by atoms with Crippen molar-refractivity contribution in [3.63, 3.8) is 0 Å². The molecule has 1 N–H and O–H groups in total. The van der Waals surface area contributed by atoms with Gasteiger partial charge in [0.05, 0.1) is 0 Å². The zero-order chi connectivity index (χ0) is 12.1. The maximum atomic E-state index is 3.68. The van der Waals surface area contributed by atoms with Crippen LogP contribution in [0.2, 0.25) is 0 Å². The molecule has 1 aliphatic rings. The summed E-state index contributed by atoms with van der Waals surface area (Å²) in [6.45, 7) is 5.63. The maximum Gasteiger partial charge on any atom is 0.0320 e. The van der Waals surface area contributed by atoms with Crippen molar-refractivity contribution < 1.29 is 0 Å². The van der Waals surface area contributed by atoms with Gasteiger partial charge in [-0.1, -0.05) is 38.5 Å². The van der Waals surface area contributed by atoms with Crippen LogP contribution >= 0.6 is 0 Å². The zero-order valence-electron chi connectivity index (χ0n) is 11.3. The highest BCUT2D eigenvalue weighted by Gasteiger charge is 2.14. The van der Waals surface area contributed by atoms with Crippen molar-refractivity contribution in [2.45, 2.75) is 58.4 Å². The topological polar surface area (TPSA) is 12.0 Å². The van der Waals surface area contributed by atoms with E-state index in [9.17, 15) is 0 Å². The van der Waals surface area contributed by atoms with Crippen molar-refractivity contribution >= 4 is 0 Å². The molecule has 0 saturated carbocycles. The van der Waals surface area contributed by atoms with Gasteiger partial charge < -0.3 is 5.32 Å². The summed E-state index contributed by atoms with van der Waals surface area (Å²) in [4.78, 5) is 0. The summed E-state index contributed by atoms with van der Waals surface area (Å²) in [6.07, 6.45) is 7.63. The molecular weight excluding hydrogens is 206 g/mol. The molecule has 1 nitrogen and oxygen atoms in total. The second-order valence-electron chi connectivity index (χ2n) is 5.18. The lowest BCUT2D eigenvalue weighted by Crippen LogP contribution is -2.22. The summed E-state index contributed by atoms with van der Waals surface area (Å²) in [5.74, 6) is 0. The monoisotopic (exact) mass is 231 g/mol. The number of nitrogens with one attached hydrogen (secondary N) is 1. The van der Waals surface area contributed by atoms with E-state index in [1.54, 1.807) is 11.1 Å². The first-order valence-electron chi connectivity index (χ1n) is 7.20. The summed E-state index contributed by atoms with van der Waals surface area (Å²) in [7, 11) is 0. The van der Waals surface area contributed by atoms with E-state index in [2.05, 4.69) is 37.4 Å². The van der Waals surface area contributed by atoms with Crippen molar-refractivity contribution in [2.24, 2.45) is 0 Å². The normalized spacial score (nSPS) is 15.9. The van der Waals surface area contributed by atoms with E-state index in [1.807, 2.05) is 0 Å². The molecular formula is C16H25N. The van der Waals surface area contributed by atoms with Crippen LogP contribution in [0.4, 0.5) is 0 Å². The second-order valence-corrected chi connectivity index (χ2v) is 5.18. The lowest BCUT2D eigenvalue weighted by molar-refractivity contribution is 0.493. The van der Waals surface area contributed by atoms with E-state index in [1.165, 1.54) is 44.1 Å². The number of rotatable bonds is 6. The van der Waals surface area contributed by atoms with Crippen LogP contribution in [0.25, 0.3) is 0 Å². The standard InChI is InChI=1S/C16H25N/c1-3-6-16(17-11-4-2)15-10-9-13-7-5-8-14(13)12-15/h9-10,12,16-17H,3-8,11H2,1-2H3. The molecule has 1 unspecified atom stereocenters. The third-order valence-electron chi connectivity index (χ3n) is 3.74. The van der Waals surface area contributed by atoms with Crippen LogP contribution in [-0.2, 0) is 12.8 Å². The van der Waals surface area contributed by atoms with E-state index in [4.69, 9.17) is 0 Å². The van der Waals surface area contributed by atoms with Gasteiger partial charge in [0, 0.05) is 6.04 Å². The van der Waals surface area contributed by atoms with E-state index in [0.29, 0.717) is 6.04 Å². The molecule has 0 saturated heterocycles. The minimum Gasteiger partial charge on any atom is -0.310 e. The van der Waals surface area contributed by atoms with Crippen molar-refractivity contribution in [3.8, 4) is 0 Å². The third kappa shape index (κ3) is 3.10. The summed E-state index contributed by atoms with van der Waals surface area (Å²) < 4.78 is 0. The molecule has 0 fully saturated rings. The molecule has 1 aromatic rings. The molecule has 0 radical (unpaired) electrons. The van der Waals surface area contributed by atoms with Crippen molar-refractivity contribution in [2.75, 3.05) is 6.54 Å². The summed E-state index contributed by atoms with van der Waals surface area (Å²) in [6, 6.07) is 7.71. The van der Waals surface area contributed by atoms with Crippen molar-refractivity contribution in [1.29, 1.82) is 0 Å². The molecule has 2 rings (SSSR count). The summed E-state index contributed by atoms with van der Waals surface area (Å²) >= 11 is 0. The fourth-order valence-electron chi connectivity index (χ4n) is 2.80. The highest BCUT2D eigenvalue weighted by Crippen LogP contribution is 2.27. The van der Waals surface area contributed by atoms with Crippen LogP contribution in [0, 0.1) is 0 Å². The summed E-state index contributed by atoms with van der Waals surface area (Å²) in [5.41, 5.74) is 4.68. The highest BCUT2D eigenvalue weighted by atomic mass is 14.9. The molecule has 0 aliphatic heterocycles. The van der Waals surface area contributed by atoms with Gasteiger partial charge in [0.15, 0.2) is 0 Å². The van der Waals surface area contributed by atoms with Gasteiger partial charge in [0.1, 0.15) is 0 Å². The Morgan fingerprint density at radius 3 is 2.71 bits per heavy atom. The van der Waals surface area contributed by atoms with Crippen LogP contribution in [0.1, 0.15) is 62.3 Å². The van der Waals surface area contributed by atoms with Gasteiger partial charge in [-0.25, -0.2) is 0 Å². The molecule has 0 amide bonds. The van der Waals surface area contributed by atoms with Crippen molar-refractivity contribution in [3.05, 3.63) is 34.9 Å². The third-order valence-corrected chi connectivity index (χ3v) is 3.74. The number of hydrogen-bond donors (Lipinski definition) is 1. The highest BCUT2D eigenvalue weighted by molar-refractivity contribution is 5.36. The van der Waals surface area contributed by atoms with E-state index in [-0.39, 0.29) is 0 Å². The van der Waals surface area contributed by atoms with Gasteiger partial charge in [-0.2, -0.15) is 0 Å². The van der Waals surface area contributed by atoms with Crippen LogP contribution in [-0.4, -0.2) is 6.54 Å². The molecule has 1 heteroatoms. The molecule has 0 bridgehead atoms. The lowest BCUT2D eigenvalue weighted by atomic mass is 9.98. The first-order valence-corrected chi connectivity index (χ1v) is 7.20. The minimum atomic E-state index is 0.561. The van der Waals surface area contributed by atoms with Gasteiger partial charge in [0.2, 0.25) is 0 Å². The first kappa shape index (κ1) is 12.6. The Morgan fingerprint density at radius 2 is 1.94 bits per heavy atom. The van der Waals surface area contributed by atoms with Crippen LogP contribution in [0.5, 0.6) is 0 Å². The quantitative estimate of drug-likeness (QED) is 0.780. The average molecular weight is 231 g/mol. The zero-order valence-corrected chi connectivity index (χ0v) is 11.3. The average Bonchev–Trinajstić information content (AvgIpc) is 2.81. The Labute approximate surface area is 106 Å². The molecule has 0 aromatic heterocycles. The minimum absolute atomic E-state index is 0.561. The Bertz CT molecular complexity index is 357. The number of fused-ring (bicyclic) bond motifs is 1. The Hall–Kier alpha value is -0.820. The lowest BCUT2D eigenvalue weighted by Gasteiger charge is -2.19. The van der Waals surface area contributed by atoms with E-state index >= 15 is 0 Å². The summed E-state index contributed by atoms with van der Waals surface area (Å²) in [5, 5.41) is 3.68. The van der Waals surface area contributed by atoms with E-state index in [0.717, 1.165) is 6.54 Å². The molecule has 1 aliphatic carbocycles. The fraction of sp³-hybridized carbons (Fsp3) is 0.625. The van der Waals surface area contributed by atoms with Gasteiger partial charge in [-0.05, 0) is 55.3 Å². The number of benzene rings is 1. The largest absolute Gasteiger partial charge is 0.310 e. The van der Waals surface area contributed by atoms with Crippen molar-refractivity contribution in [1.82, 2.24) is 5.32 Å². The maximum absolute atomic E-state index is 3.68. The number of hydrogen-bond acceptors (Lipinski definition) is 1. The van der Waals surface area contributed by atoms with Gasteiger partial charge >= 0.3 is 0 Å². The molecule has 0 heterocycles. The molecule has 94 valence electrons. The predicted octanol–water partition coefficient (Wildman–Crippen LogP) is 4.02. The predicted molar refractivity (Wildman–Crippen MR) is 74.4 cm³/mol. The second kappa shape index (κ2) is 6.20. The fourth-order valence-corrected chi connectivity index (χ4v) is 2.80. The van der Waals surface area contributed by atoms with E-state index < -0.39 is 0 Å². The number of aryl methyl sites for hydroxylation is 2. The van der Waals surface area contributed by atoms with Gasteiger partial charge in [-0.15, -0.1) is 0 Å². The molecule has 0 spiro atoms. The Kier molecular flexibility index (Phi) is 4.61. The Morgan fingerprint density at radius 1 is 1.12 bits per heavy atom. The van der Waals surface area contributed by atoms with Gasteiger partial charge in [0.25, 0.3) is 0 Å². The smallest absolute Gasteiger partial charge is 0.0320 e. The molecule has 1 atom stereocenters. The SMILES string of the molecule is CCCNC(CCC)c1ccc2c(c1)CCC2. The van der Waals surface area contributed by atoms with Gasteiger partial charge in [-0.3, -0.25) is 0 Å². The van der Waals surface area contributed by atoms with Crippen LogP contribution < -0.4 is 5.32 Å².